The molecular weight excluding hydrogens is 330 g/mol. The van der Waals surface area contributed by atoms with Crippen molar-refractivity contribution >= 4 is 35.3 Å². The number of halogens is 1. The van der Waals surface area contributed by atoms with E-state index in [4.69, 9.17) is 16.3 Å². The standard InChI is InChI=1S/C17H16ClN3O3/c1-2-24-15-9-4-3-8-14(15)20-16(22)17(23)21-19-11-12-6-5-7-13(18)10-12/h3-11H,2H2,1H3,(H,20,22)(H,21,23)/b19-11+. The summed E-state index contributed by atoms with van der Waals surface area (Å²) >= 11 is 5.84. The molecular formula is C17H16ClN3O3. The number of nitrogens with zero attached hydrogens (tertiary/aromatic N) is 1. The second-order valence-electron chi connectivity index (χ2n) is 4.64. The fourth-order valence-electron chi connectivity index (χ4n) is 1.83. The number of anilines is 1. The number of carbonyl (C=O) groups is 2. The molecule has 124 valence electrons. The quantitative estimate of drug-likeness (QED) is 0.497. The largest absolute Gasteiger partial charge is 0.492 e. The van der Waals surface area contributed by atoms with Crippen LogP contribution >= 0.6 is 11.6 Å². The highest BCUT2D eigenvalue weighted by molar-refractivity contribution is 6.39. The van der Waals surface area contributed by atoms with E-state index in [0.29, 0.717) is 28.6 Å². The van der Waals surface area contributed by atoms with Gasteiger partial charge in [0.15, 0.2) is 0 Å². The number of carbonyl (C=O) groups excluding carboxylic acids is 2. The second kappa shape index (κ2) is 8.69. The van der Waals surface area contributed by atoms with E-state index in [1.165, 1.54) is 6.21 Å². The predicted molar refractivity (Wildman–Crippen MR) is 93.4 cm³/mol. The third kappa shape index (κ3) is 5.10. The molecule has 2 rings (SSSR count). The summed E-state index contributed by atoms with van der Waals surface area (Å²) in [6.45, 7) is 2.28. The minimum atomic E-state index is -0.889. The van der Waals surface area contributed by atoms with Crippen molar-refractivity contribution in [3.63, 3.8) is 0 Å². The lowest BCUT2D eigenvalue weighted by molar-refractivity contribution is -0.136. The minimum Gasteiger partial charge on any atom is -0.492 e. The van der Waals surface area contributed by atoms with Crippen LogP contribution in [0.5, 0.6) is 5.75 Å². The Morgan fingerprint density at radius 2 is 1.96 bits per heavy atom. The lowest BCUT2D eigenvalue weighted by Crippen LogP contribution is -2.32. The van der Waals surface area contributed by atoms with Gasteiger partial charge in [0, 0.05) is 5.02 Å². The van der Waals surface area contributed by atoms with E-state index < -0.39 is 11.8 Å². The van der Waals surface area contributed by atoms with Gasteiger partial charge in [0.25, 0.3) is 0 Å². The number of hydrogen-bond donors (Lipinski definition) is 2. The van der Waals surface area contributed by atoms with Gasteiger partial charge < -0.3 is 10.1 Å². The van der Waals surface area contributed by atoms with E-state index in [1.54, 1.807) is 48.5 Å². The second-order valence-corrected chi connectivity index (χ2v) is 5.07. The average molecular weight is 346 g/mol. The molecule has 0 heterocycles. The summed E-state index contributed by atoms with van der Waals surface area (Å²) in [4.78, 5) is 23.7. The van der Waals surface area contributed by atoms with Crippen LogP contribution in [0.2, 0.25) is 5.02 Å². The predicted octanol–water partition coefficient (Wildman–Crippen LogP) is 2.83. The molecule has 0 saturated heterocycles. The summed E-state index contributed by atoms with van der Waals surface area (Å²) in [6, 6.07) is 13.8. The summed E-state index contributed by atoms with van der Waals surface area (Å²) in [7, 11) is 0. The van der Waals surface area contributed by atoms with Gasteiger partial charge in [-0.2, -0.15) is 5.10 Å². The number of para-hydroxylation sites is 2. The fraction of sp³-hybridized carbons (Fsp3) is 0.118. The van der Waals surface area contributed by atoms with Crippen LogP contribution in [0.4, 0.5) is 5.69 Å². The van der Waals surface area contributed by atoms with Crippen molar-refractivity contribution in [2.45, 2.75) is 6.92 Å². The first-order chi connectivity index (χ1) is 11.6. The molecule has 0 unspecified atom stereocenters. The Kier molecular flexibility index (Phi) is 6.33. The molecule has 0 aliphatic heterocycles. The average Bonchev–Trinajstić information content (AvgIpc) is 2.57. The lowest BCUT2D eigenvalue weighted by Gasteiger charge is -2.10. The molecule has 24 heavy (non-hydrogen) atoms. The molecule has 7 heteroatoms. The molecule has 0 fully saturated rings. The molecule has 0 aliphatic rings. The van der Waals surface area contributed by atoms with Gasteiger partial charge >= 0.3 is 11.8 Å². The molecule has 2 aromatic carbocycles. The van der Waals surface area contributed by atoms with Gasteiger partial charge in [-0.05, 0) is 36.8 Å². The number of ether oxygens (including phenoxy) is 1. The van der Waals surface area contributed by atoms with Gasteiger partial charge in [0.1, 0.15) is 5.75 Å². The molecule has 0 saturated carbocycles. The van der Waals surface area contributed by atoms with Crippen molar-refractivity contribution < 1.29 is 14.3 Å². The third-order valence-electron chi connectivity index (χ3n) is 2.87. The molecule has 2 aromatic rings. The highest BCUT2D eigenvalue weighted by atomic mass is 35.5. The fourth-order valence-corrected chi connectivity index (χ4v) is 2.03. The molecule has 0 spiro atoms. The molecule has 0 bridgehead atoms. The van der Waals surface area contributed by atoms with Crippen molar-refractivity contribution in [1.29, 1.82) is 0 Å². The Morgan fingerprint density at radius 3 is 2.71 bits per heavy atom. The highest BCUT2D eigenvalue weighted by Gasteiger charge is 2.15. The van der Waals surface area contributed by atoms with Gasteiger partial charge in [-0.1, -0.05) is 35.9 Å². The van der Waals surface area contributed by atoms with Crippen LogP contribution in [0, 0.1) is 0 Å². The number of rotatable bonds is 5. The van der Waals surface area contributed by atoms with Crippen LogP contribution in [0.15, 0.2) is 53.6 Å². The number of hydrazone groups is 1. The molecule has 0 radical (unpaired) electrons. The zero-order valence-corrected chi connectivity index (χ0v) is 13.7. The Labute approximate surface area is 144 Å². The number of hydrogen-bond acceptors (Lipinski definition) is 4. The maximum Gasteiger partial charge on any atom is 0.329 e. The van der Waals surface area contributed by atoms with Crippen molar-refractivity contribution in [2.75, 3.05) is 11.9 Å². The van der Waals surface area contributed by atoms with Crippen LogP contribution < -0.4 is 15.5 Å². The van der Waals surface area contributed by atoms with Gasteiger partial charge in [-0.3, -0.25) is 9.59 Å². The minimum absolute atomic E-state index is 0.415. The maximum atomic E-state index is 11.9. The van der Waals surface area contributed by atoms with Crippen LogP contribution in [-0.4, -0.2) is 24.6 Å². The van der Waals surface area contributed by atoms with Crippen LogP contribution in [0.3, 0.4) is 0 Å². The number of nitrogens with one attached hydrogen (secondary N) is 2. The smallest absolute Gasteiger partial charge is 0.329 e. The maximum absolute atomic E-state index is 11.9. The zero-order valence-electron chi connectivity index (χ0n) is 13.0. The van der Waals surface area contributed by atoms with Crippen molar-refractivity contribution in [2.24, 2.45) is 5.10 Å². The SMILES string of the molecule is CCOc1ccccc1NC(=O)C(=O)N/N=C/c1cccc(Cl)c1. The van der Waals surface area contributed by atoms with Crippen LogP contribution in [-0.2, 0) is 9.59 Å². The monoisotopic (exact) mass is 345 g/mol. The third-order valence-corrected chi connectivity index (χ3v) is 3.10. The van der Waals surface area contributed by atoms with Crippen molar-refractivity contribution in [3.05, 3.63) is 59.1 Å². The molecule has 0 aromatic heterocycles. The Bertz CT molecular complexity index is 762. The van der Waals surface area contributed by atoms with E-state index >= 15 is 0 Å². The number of amides is 2. The van der Waals surface area contributed by atoms with E-state index in [0.717, 1.165) is 0 Å². The molecule has 2 amide bonds. The Balaban J connectivity index is 1.94. The first-order valence-electron chi connectivity index (χ1n) is 7.22. The Morgan fingerprint density at radius 1 is 1.17 bits per heavy atom. The lowest BCUT2D eigenvalue weighted by atomic mass is 10.2. The zero-order chi connectivity index (χ0) is 17.4. The van der Waals surface area contributed by atoms with Gasteiger partial charge in [-0.25, -0.2) is 5.43 Å². The molecule has 0 aliphatic carbocycles. The molecule has 6 nitrogen and oxygen atoms in total. The topological polar surface area (TPSA) is 79.8 Å². The van der Waals surface area contributed by atoms with Gasteiger partial charge in [0.2, 0.25) is 0 Å². The van der Waals surface area contributed by atoms with Crippen LogP contribution in [0.1, 0.15) is 12.5 Å². The highest BCUT2D eigenvalue weighted by Crippen LogP contribution is 2.23. The van der Waals surface area contributed by atoms with Crippen LogP contribution in [0.25, 0.3) is 0 Å². The first-order valence-corrected chi connectivity index (χ1v) is 7.59. The molecule has 0 atom stereocenters. The summed E-state index contributed by atoms with van der Waals surface area (Å²) in [5.74, 6) is -1.24. The van der Waals surface area contributed by atoms with E-state index in [-0.39, 0.29) is 0 Å². The number of benzene rings is 2. The summed E-state index contributed by atoms with van der Waals surface area (Å²) < 4.78 is 5.38. The van der Waals surface area contributed by atoms with Crippen molar-refractivity contribution in [1.82, 2.24) is 5.43 Å². The normalized spacial score (nSPS) is 10.4. The van der Waals surface area contributed by atoms with E-state index in [1.807, 2.05) is 6.92 Å². The van der Waals surface area contributed by atoms with Crippen molar-refractivity contribution in [3.8, 4) is 5.75 Å². The summed E-state index contributed by atoms with van der Waals surface area (Å²) in [5, 5.41) is 6.76. The van der Waals surface area contributed by atoms with E-state index in [2.05, 4.69) is 15.8 Å². The Hall–Kier alpha value is -2.86. The van der Waals surface area contributed by atoms with E-state index in [9.17, 15) is 9.59 Å². The van der Waals surface area contributed by atoms with Gasteiger partial charge in [-0.15, -0.1) is 0 Å². The van der Waals surface area contributed by atoms with Gasteiger partial charge in [0.05, 0.1) is 18.5 Å². The molecule has 2 N–H and O–H groups in total. The first kappa shape index (κ1) is 17.5. The summed E-state index contributed by atoms with van der Waals surface area (Å²) in [6.07, 6.45) is 1.39. The summed E-state index contributed by atoms with van der Waals surface area (Å²) in [5.41, 5.74) is 3.27.